The highest BCUT2D eigenvalue weighted by Crippen LogP contribution is 2.30. The van der Waals surface area contributed by atoms with Crippen LogP contribution >= 0.6 is 11.3 Å². The SMILES string of the molecule is C=CCOC(=O)C1=C(C)N=c2s/c(=C\c3ccc(F)cc3)c(=O)n2[C@@H]1c1ccccc1. The zero-order valence-corrected chi connectivity index (χ0v) is 17.6. The van der Waals surface area contributed by atoms with Crippen LogP contribution in [0.4, 0.5) is 4.39 Å². The maximum absolute atomic E-state index is 13.4. The molecule has 0 unspecified atom stereocenters. The first-order chi connectivity index (χ1) is 15.0. The molecule has 3 aromatic rings. The van der Waals surface area contributed by atoms with Crippen molar-refractivity contribution < 1.29 is 13.9 Å². The van der Waals surface area contributed by atoms with Gasteiger partial charge in [0.15, 0.2) is 4.80 Å². The Kier molecular flexibility index (Phi) is 5.77. The fourth-order valence-electron chi connectivity index (χ4n) is 3.46. The van der Waals surface area contributed by atoms with Gasteiger partial charge in [-0.1, -0.05) is 66.5 Å². The predicted molar refractivity (Wildman–Crippen MR) is 118 cm³/mol. The van der Waals surface area contributed by atoms with E-state index in [-0.39, 0.29) is 18.0 Å². The van der Waals surface area contributed by atoms with Crippen LogP contribution in [0.5, 0.6) is 0 Å². The molecule has 0 saturated heterocycles. The van der Waals surface area contributed by atoms with Gasteiger partial charge in [0, 0.05) is 0 Å². The van der Waals surface area contributed by atoms with E-state index in [0.717, 1.165) is 5.56 Å². The highest BCUT2D eigenvalue weighted by molar-refractivity contribution is 7.07. The fraction of sp³-hybridized carbons (Fsp3) is 0.125. The van der Waals surface area contributed by atoms with E-state index in [1.165, 1.54) is 34.1 Å². The van der Waals surface area contributed by atoms with Gasteiger partial charge in [-0.3, -0.25) is 9.36 Å². The van der Waals surface area contributed by atoms with Crippen LogP contribution in [0.25, 0.3) is 6.08 Å². The molecule has 0 amide bonds. The van der Waals surface area contributed by atoms with Gasteiger partial charge >= 0.3 is 5.97 Å². The fourth-order valence-corrected chi connectivity index (χ4v) is 4.50. The van der Waals surface area contributed by atoms with Gasteiger partial charge in [0.1, 0.15) is 12.4 Å². The largest absolute Gasteiger partial charge is 0.458 e. The lowest BCUT2D eigenvalue weighted by atomic mass is 9.96. The van der Waals surface area contributed by atoms with Crippen LogP contribution in [-0.4, -0.2) is 17.1 Å². The minimum absolute atomic E-state index is 0.0616. The van der Waals surface area contributed by atoms with Crippen LogP contribution in [0.15, 0.2) is 88.3 Å². The molecule has 1 aromatic heterocycles. The Bertz CT molecular complexity index is 1350. The lowest BCUT2D eigenvalue weighted by molar-refractivity contribution is -0.138. The number of carbonyl (C=O) groups is 1. The van der Waals surface area contributed by atoms with E-state index in [1.54, 1.807) is 25.1 Å². The van der Waals surface area contributed by atoms with E-state index in [0.29, 0.717) is 26.2 Å². The van der Waals surface area contributed by atoms with Gasteiger partial charge in [0.2, 0.25) is 0 Å². The summed E-state index contributed by atoms with van der Waals surface area (Å²) in [5.74, 6) is -0.885. The molecule has 2 heterocycles. The summed E-state index contributed by atoms with van der Waals surface area (Å²) >= 11 is 1.23. The standard InChI is InChI=1S/C24H19FN2O3S/c1-3-13-30-23(29)20-15(2)26-24-27(21(20)17-7-5-4-6-8-17)22(28)19(31-24)14-16-9-11-18(25)12-10-16/h3-12,14,21H,1,13H2,2H3/b19-14-/t21-/m1/s1. The monoisotopic (exact) mass is 434 g/mol. The summed E-state index contributed by atoms with van der Waals surface area (Å²) in [6.07, 6.45) is 3.18. The molecule has 5 nitrogen and oxygen atoms in total. The summed E-state index contributed by atoms with van der Waals surface area (Å²) in [5.41, 5.74) is 2.01. The van der Waals surface area contributed by atoms with E-state index in [9.17, 15) is 14.0 Å². The highest BCUT2D eigenvalue weighted by Gasteiger charge is 2.33. The number of benzene rings is 2. The number of carbonyl (C=O) groups excluding carboxylic acids is 1. The minimum atomic E-state index is -0.662. The third kappa shape index (κ3) is 4.04. The molecule has 31 heavy (non-hydrogen) atoms. The lowest BCUT2D eigenvalue weighted by Crippen LogP contribution is -2.39. The number of hydrogen-bond donors (Lipinski definition) is 0. The van der Waals surface area contributed by atoms with Crippen molar-refractivity contribution in [2.24, 2.45) is 4.99 Å². The molecule has 7 heteroatoms. The smallest absolute Gasteiger partial charge is 0.338 e. The first-order valence-corrected chi connectivity index (χ1v) is 10.4. The molecule has 0 saturated carbocycles. The molecule has 2 aromatic carbocycles. The number of esters is 1. The Labute approximate surface area is 181 Å². The lowest BCUT2D eigenvalue weighted by Gasteiger charge is -2.24. The molecule has 1 aliphatic rings. The van der Waals surface area contributed by atoms with Crippen molar-refractivity contribution in [3.63, 3.8) is 0 Å². The van der Waals surface area contributed by atoms with Gasteiger partial charge in [-0.05, 0) is 36.3 Å². The number of allylic oxidation sites excluding steroid dienone is 1. The Morgan fingerprint density at radius 3 is 2.61 bits per heavy atom. The van der Waals surface area contributed by atoms with E-state index in [2.05, 4.69) is 11.6 Å². The Morgan fingerprint density at radius 2 is 1.94 bits per heavy atom. The van der Waals surface area contributed by atoms with Gasteiger partial charge in [-0.25, -0.2) is 14.2 Å². The summed E-state index contributed by atoms with van der Waals surface area (Å²) < 4.78 is 20.5. The third-order valence-corrected chi connectivity index (χ3v) is 5.84. The number of hydrogen-bond acceptors (Lipinski definition) is 5. The number of halogens is 1. The van der Waals surface area contributed by atoms with Gasteiger partial charge in [-0.2, -0.15) is 0 Å². The second kappa shape index (κ2) is 8.65. The predicted octanol–water partition coefficient (Wildman–Crippen LogP) is 3.10. The molecule has 1 aliphatic heterocycles. The second-order valence-corrected chi connectivity index (χ2v) is 7.94. The normalized spacial score (nSPS) is 15.9. The van der Waals surface area contributed by atoms with Crippen LogP contribution in [0.2, 0.25) is 0 Å². The molecule has 0 radical (unpaired) electrons. The van der Waals surface area contributed by atoms with Crippen molar-refractivity contribution in [3.05, 3.63) is 115 Å². The van der Waals surface area contributed by atoms with E-state index >= 15 is 0 Å². The average Bonchev–Trinajstić information content (AvgIpc) is 3.07. The maximum atomic E-state index is 13.4. The molecule has 0 fully saturated rings. The van der Waals surface area contributed by atoms with Gasteiger partial charge in [0.05, 0.1) is 21.8 Å². The van der Waals surface area contributed by atoms with Crippen LogP contribution in [0, 0.1) is 5.82 Å². The summed E-state index contributed by atoms with van der Waals surface area (Å²) in [6, 6.07) is 14.5. The maximum Gasteiger partial charge on any atom is 0.338 e. The first-order valence-electron chi connectivity index (χ1n) is 9.60. The van der Waals surface area contributed by atoms with Gasteiger partial charge < -0.3 is 4.74 Å². The highest BCUT2D eigenvalue weighted by atomic mass is 32.1. The zero-order valence-electron chi connectivity index (χ0n) is 16.7. The number of rotatable bonds is 5. The van der Waals surface area contributed by atoms with E-state index in [1.807, 2.05) is 30.3 Å². The van der Waals surface area contributed by atoms with Gasteiger partial charge in [-0.15, -0.1) is 0 Å². The van der Waals surface area contributed by atoms with Crippen LogP contribution in [0.3, 0.4) is 0 Å². The quantitative estimate of drug-likeness (QED) is 0.458. The summed E-state index contributed by atoms with van der Waals surface area (Å²) in [5, 5.41) is 0. The third-order valence-electron chi connectivity index (χ3n) is 4.86. The topological polar surface area (TPSA) is 60.7 Å². The number of nitrogens with zero attached hydrogens (tertiary/aromatic N) is 2. The van der Waals surface area contributed by atoms with Crippen LogP contribution in [0.1, 0.15) is 24.1 Å². The summed E-state index contributed by atoms with van der Waals surface area (Å²) in [6.45, 7) is 5.37. The molecule has 0 N–H and O–H groups in total. The first kappa shape index (κ1) is 20.7. The van der Waals surface area contributed by atoms with Crippen molar-refractivity contribution in [3.8, 4) is 0 Å². The van der Waals surface area contributed by atoms with E-state index < -0.39 is 12.0 Å². The minimum Gasteiger partial charge on any atom is -0.458 e. The van der Waals surface area contributed by atoms with E-state index in [4.69, 9.17) is 4.74 Å². The molecule has 0 bridgehead atoms. The zero-order chi connectivity index (χ0) is 22.0. The van der Waals surface area contributed by atoms with Crippen molar-refractivity contribution in [2.75, 3.05) is 6.61 Å². The second-order valence-electron chi connectivity index (χ2n) is 6.93. The van der Waals surface area contributed by atoms with Crippen molar-refractivity contribution >= 4 is 23.4 Å². The number of ether oxygens (including phenoxy) is 1. The Hall–Kier alpha value is -3.58. The van der Waals surface area contributed by atoms with Crippen molar-refractivity contribution in [1.29, 1.82) is 0 Å². The van der Waals surface area contributed by atoms with Crippen LogP contribution in [-0.2, 0) is 9.53 Å². The molecule has 1 atom stereocenters. The number of thiazole rings is 1. The Morgan fingerprint density at radius 1 is 1.23 bits per heavy atom. The molecular formula is C24H19FN2O3S. The molecule has 156 valence electrons. The average molecular weight is 434 g/mol. The molecule has 4 rings (SSSR count). The van der Waals surface area contributed by atoms with Crippen molar-refractivity contribution in [2.45, 2.75) is 13.0 Å². The van der Waals surface area contributed by atoms with Crippen LogP contribution < -0.4 is 14.9 Å². The molecule has 0 spiro atoms. The molecule has 0 aliphatic carbocycles. The van der Waals surface area contributed by atoms with Gasteiger partial charge in [0.25, 0.3) is 5.56 Å². The Balaban J connectivity index is 1.92. The number of fused-ring (bicyclic) bond motifs is 1. The number of aromatic nitrogens is 1. The summed E-state index contributed by atoms with van der Waals surface area (Å²) in [4.78, 5) is 31.2. The molecular weight excluding hydrogens is 415 g/mol. The van der Waals surface area contributed by atoms with Crippen molar-refractivity contribution in [1.82, 2.24) is 4.57 Å². The summed E-state index contributed by atoms with van der Waals surface area (Å²) in [7, 11) is 0.